The summed E-state index contributed by atoms with van der Waals surface area (Å²) in [5.41, 5.74) is 4.34. The van der Waals surface area contributed by atoms with Gasteiger partial charge in [0, 0.05) is 0 Å². The monoisotopic (exact) mass is 202 g/mol. The second-order valence-corrected chi connectivity index (χ2v) is 4.13. The molecule has 0 spiro atoms. The smallest absolute Gasteiger partial charge is 0.141 e. The first kappa shape index (κ1) is 8.77. The van der Waals surface area contributed by atoms with Crippen LogP contribution in [0.4, 0.5) is 0 Å². The molecular weight excluding hydrogens is 188 g/mol. The van der Waals surface area contributed by atoms with Crippen LogP contribution in [0.1, 0.15) is 29.2 Å². The second-order valence-electron chi connectivity index (χ2n) is 4.13. The summed E-state index contributed by atoms with van der Waals surface area (Å²) in [6.07, 6.45) is 5.40. The minimum atomic E-state index is 0.258. The average molecular weight is 202 g/mol. The molecule has 1 atom stereocenters. The molecule has 3 nitrogen and oxygen atoms in total. The van der Waals surface area contributed by atoms with Gasteiger partial charge in [0.1, 0.15) is 12.9 Å². The molecule has 1 aliphatic heterocycles. The number of fused-ring (bicyclic) bond motifs is 1. The number of nitrogens with zero attached hydrogens (tertiary/aromatic N) is 1. The molecule has 78 valence electrons. The van der Waals surface area contributed by atoms with Crippen LogP contribution in [0.25, 0.3) is 0 Å². The van der Waals surface area contributed by atoms with Gasteiger partial charge in [0.15, 0.2) is 0 Å². The van der Waals surface area contributed by atoms with Gasteiger partial charge in [0.25, 0.3) is 0 Å². The molecule has 2 aliphatic rings. The lowest BCUT2D eigenvalue weighted by Crippen LogP contribution is -2.27. The zero-order valence-corrected chi connectivity index (χ0v) is 8.57. The van der Waals surface area contributed by atoms with Crippen LogP contribution in [0.2, 0.25) is 0 Å². The van der Waals surface area contributed by atoms with Gasteiger partial charge in [0.05, 0.1) is 6.04 Å². The Kier molecular flexibility index (Phi) is 2.09. The summed E-state index contributed by atoms with van der Waals surface area (Å²) < 4.78 is 0. The quantitative estimate of drug-likeness (QED) is 0.753. The van der Waals surface area contributed by atoms with Crippen molar-refractivity contribution in [3.8, 4) is 0 Å². The zero-order valence-electron chi connectivity index (χ0n) is 8.57. The number of oxime groups is 1. The molecule has 0 aromatic heterocycles. The molecule has 1 aromatic rings. The highest BCUT2D eigenvalue weighted by molar-refractivity contribution is 5.55. The highest BCUT2D eigenvalue weighted by atomic mass is 16.6. The minimum absolute atomic E-state index is 0.258. The third-order valence-corrected chi connectivity index (χ3v) is 3.17. The van der Waals surface area contributed by atoms with Crippen LogP contribution in [0.5, 0.6) is 0 Å². The van der Waals surface area contributed by atoms with E-state index in [0.717, 1.165) is 0 Å². The third-order valence-electron chi connectivity index (χ3n) is 3.17. The molecular formula is C12H14N2O. The van der Waals surface area contributed by atoms with Gasteiger partial charge in [-0.1, -0.05) is 23.4 Å². The predicted molar refractivity (Wildman–Crippen MR) is 58.8 cm³/mol. The molecule has 0 saturated heterocycles. The van der Waals surface area contributed by atoms with Crippen molar-refractivity contribution < 1.29 is 4.84 Å². The maximum atomic E-state index is 5.06. The van der Waals surface area contributed by atoms with Crippen LogP contribution in [0.3, 0.4) is 0 Å². The number of aryl methyl sites for hydroxylation is 2. The molecule has 0 saturated carbocycles. The zero-order chi connectivity index (χ0) is 10.1. The van der Waals surface area contributed by atoms with Gasteiger partial charge in [0.2, 0.25) is 0 Å². The van der Waals surface area contributed by atoms with E-state index >= 15 is 0 Å². The van der Waals surface area contributed by atoms with E-state index in [1.54, 1.807) is 6.34 Å². The predicted octanol–water partition coefficient (Wildman–Crippen LogP) is 1.78. The lowest BCUT2D eigenvalue weighted by Gasteiger charge is -2.20. The first-order valence-corrected chi connectivity index (χ1v) is 5.45. The van der Waals surface area contributed by atoms with Crippen molar-refractivity contribution in [3.63, 3.8) is 0 Å². The summed E-state index contributed by atoms with van der Waals surface area (Å²) in [5.74, 6) is 0. The van der Waals surface area contributed by atoms with E-state index in [1.807, 2.05) is 0 Å². The minimum Gasteiger partial charge on any atom is -0.392 e. The Morgan fingerprint density at radius 1 is 1.27 bits per heavy atom. The maximum Gasteiger partial charge on any atom is 0.141 e. The van der Waals surface area contributed by atoms with E-state index in [1.165, 1.54) is 36.0 Å². The van der Waals surface area contributed by atoms with Gasteiger partial charge in [-0.2, -0.15) is 0 Å². The van der Waals surface area contributed by atoms with Gasteiger partial charge < -0.3 is 10.2 Å². The molecule has 0 radical (unpaired) electrons. The standard InChI is InChI=1S/C12H14N2O/c1-2-9-4-5-11(6-10(9)3-1)12-7-15-14-8-13-12/h4-6,8,12H,1-3,7H2,(H,13,14). The van der Waals surface area contributed by atoms with E-state index in [2.05, 4.69) is 28.7 Å². The lowest BCUT2D eigenvalue weighted by atomic mass is 10.0. The fourth-order valence-electron chi connectivity index (χ4n) is 2.32. The Bertz CT molecular complexity index is 401. The lowest BCUT2D eigenvalue weighted by molar-refractivity contribution is 0.112. The van der Waals surface area contributed by atoms with Crippen LogP contribution in [-0.4, -0.2) is 12.9 Å². The summed E-state index contributed by atoms with van der Waals surface area (Å²) in [4.78, 5) is 5.06. The number of rotatable bonds is 1. The Morgan fingerprint density at radius 3 is 3.07 bits per heavy atom. The summed E-state index contributed by atoms with van der Waals surface area (Å²) >= 11 is 0. The highest BCUT2D eigenvalue weighted by Crippen LogP contribution is 2.25. The SMILES string of the molecule is C1=NOCC(c2ccc3c(c2)CCC3)N1. The Balaban J connectivity index is 1.89. The summed E-state index contributed by atoms with van der Waals surface area (Å²) in [5, 5.41) is 6.90. The molecule has 3 heteroatoms. The topological polar surface area (TPSA) is 33.6 Å². The van der Waals surface area contributed by atoms with E-state index in [0.29, 0.717) is 6.61 Å². The number of hydrogen-bond donors (Lipinski definition) is 1. The number of benzene rings is 1. The normalized spacial score (nSPS) is 23.1. The van der Waals surface area contributed by atoms with Crippen molar-refractivity contribution in [2.45, 2.75) is 25.3 Å². The summed E-state index contributed by atoms with van der Waals surface area (Å²) in [7, 11) is 0. The maximum absolute atomic E-state index is 5.06. The van der Waals surface area contributed by atoms with Gasteiger partial charge in [-0.15, -0.1) is 0 Å². The molecule has 1 heterocycles. The molecule has 0 fully saturated rings. The molecule has 0 bridgehead atoms. The molecule has 0 amide bonds. The molecule has 1 aliphatic carbocycles. The van der Waals surface area contributed by atoms with Crippen LogP contribution in [-0.2, 0) is 17.7 Å². The van der Waals surface area contributed by atoms with Crippen molar-refractivity contribution in [1.82, 2.24) is 5.32 Å². The molecule has 1 aromatic carbocycles. The van der Waals surface area contributed by atoms with Crippen molar-refractivity contribution in [2.75, 3.05) is 6.61 Å². The Hall–Kier alpha value is -1.51. The molecule has 15 heavy (non-hydrogen) atoms. The largest absolute Gasteiger partial charge is 0.392 e. The first-order valence-electron chi connectivity index (χ1n) is 5.45. The van der Waals surface area contributed by atoms with E-state index in [4.69, 9.17) is 4.84 Å². The van der Waals surface area contributed by atoms with Crippen molar-refractivity contribution >= 4 is 6.34 Å². The molecule has 1 N–H and O–H groups in total. The number of hydrogen-bond acceptors (Lipinski definition) is 3. The summed E-state index contributed by atoms with van der Waals surface area (Å²) in [6.45, 7) is 0.620. The van der Waals surface area contributed by atoms with Gasteiger partial charge >= 0.3 is 0 Å². The fourth-order valence-corrected chi connectivity index (χ4v) is 2.32. The van der Waals surface area contributed by atoms with Gasteiger partial charge in [-0.3, -0.25) is 0 Å². The average Bonchev–Trinajstić information content (AvgIpc) is 2.77. The fraction of sp³-hybridized carbons (Fsp3) is 0.417. The van der Waals surface area contributed by atoms with Crippen molar-refractivity contribution in [1.29, 1.82) is 0 Å². The molecule has 1 unspecified atom stereocenters. The highest BCUT2D eigenvalue weighted by Gasteiger charge is 2.17. The van der Waals surface area contributed by atoms with Crippen molar-refractivity contribution in [3.05, 3.63) is 34.9 Å². The first-order chi connectivity index (χ1) is 7.43. The van der Waals surface area contributed by atoms with Crippen molar-refractivity contribution in [2.24, 2.45) is 5.16 Å². The Morgan fingerprint density at radius 2 is 2.20 bits per heavy atom. The Labute approximate surface area is 89.1 Å². The van der Waals surface area contributed by atoms with E-state index < -0.39 is 0 Å². The van der Waals surface area contributed by atoms with E-state index in [9.17, 15) is 0 Å². The van der Waals surface area contributed by atoms with E-state index in [-0.39, 0.29) is 6.04 Å². The van der Waals surface area contributed by atoms with Crippen LogP contribution in [0.15, 0.2) is 23.4 Å². The van der Waals surface area contributed by atoms with Crippen LogP contribution >= 0.6 is 0 Å². The summed E-state index contributed by atoms with van der Waals surface area (Å²) in [6, 6.07) is 7.02. The third kappa shape index (κ3) is 1.58. The van der Waals surface area contributed by atoms with Crippen LogP contribution < -0.4 is 5.32 Å². The van der Waals surface area contributed by atoms with Gasteiger partial charge in [-0.25, -0.2) is 0 Å². The van der Waals surface area contributed by atoms with Gasteiger partial charge in [-0.05, 0) is 36.0 Å². The number of nitrogens with one attached hydrogen (secondary N) is 1. The van der Waals surface area contributed by atoms with Crippen LogP contribution in [0, 0.1) is 0 Å². The second kappa shape index (κ2) is 3.57. The molecule has 3 rings (SSSR count).